The largest absolute Gasteiger partial charge is 0.497 e. The highest BCUT2D eigenvalue weighted by atomic mass is 32.2. The Bertz CT molecular complexity index is 1150. The molecule has 0 saturated heterocycles. The number of carbonyl (C=O) groups excluding carboxylic acids is 1. The Kier molecular flexibility index (Phi) is 5.23. The van der Waals surface area contributed by atoms with Crippen molar-refractivity contribution in [3.05, 3.63) is 47.6 Å². The van der Waals surface area contributed by atoms with Gasteiger partial charge in [-0.15, -0.1) is 21.5 Å². The minimum absolute atomic E-state index is 0.0605. The first-order valence-electron chi connectivity index (χ1n) is 8.94. The van der Waals surface area contributed by atoms with E-state index in [9.17, 15) is 4.79 Å². The minimum Gasteiger partial charge on any atom is -0.497 e. The quantitative estimate of drug-likeness (QED) is 0.462. The Hall–Kier alpha value is -2.58. The fourth-order valence-electron chi connectivity index (χ4n) is 3.11. The molecule has 0 radical (unpaired) electrons. The molecule has 3 aromatic heterocycles. The molecule has 4 rings (SSSR count). The number of rotatable bonds is 6. The molecule has 0 unspecified atom stereocenters. The SMILES string of the molecule is CC[C@H](Sc1nnc(C)n2c1cc1sccc12)C(=O)Nc1cccc(OC)c1. The van der Waals surface area contributed by atoms with Crippen molar-refractivity contribution in [3.63, 3.8) is 0 Å². The van der Waals surface area contributed by atoms with Crippen molar-refractivity contribution < 1.29 is 9.53 Å². The molecule has 6 nitrogen and oxygen atoms in total. The van der Waals surface area contributed by atoms with E-state index in [0.29, 0.717) is 17.9 Å². The standard InChI is InChI=1S/C20H20N4O2S2/c1-4-17(19(25)21-13-6-5-7-14(10-13)26-3)28-20-16-11-18-15(8-9-27-18)24(16)12(2)22-23-20/h5-11,17H,4H2,1-3H3,(H,21,25)/t17-/m0/s1. The summed E-state index contributed by atoms with van der Waals surface area (Å²) in [7, 11) is 1.61. The Morgan fingerprint density at radius 1 is 1.29 bits per heavy atom. The molecule has 0 bridgehead atoms. The second kappa shape index (κ2) is 7.81. The van der Waals surface area contributed by atoms with Crippen LogP contribution in [-0.4, -0.2) is 32.9 Å². The number of thioether (sulfide) groups is 1. The number of aryl methyl sites for hydroxylation is 1. The molecule has 0 aliphatic rings. The lowest BCUT2D eigenvalue weighted by molar-refractivity contribution is -0.115. The number of nitrogens with zero attached hydrogens (tertiary/aromatic N) is 3. The van der Waals surface area contributed by atoms with Crippen LogP contribution >= 0.6 is 23.1 Å². The average Bonchev–Trinajstić information content (AvgIpc) is 3.29. The number of thiophene rings is 1. The molecule has 0 aliphatic heterocycles. The number of anilines is 1. The third kappa shape index (κ3) is 3.45. The zero-order valence-electron chi connectivity index (χ0n) is 15.8. The van der Waals surface area contributed by atoms with Crippen molar-refractivity contribution in [2.45, 2.75) is 30.5 Å². The predicted octanol–water partition coefficient (Wildman–Crippen LogP) is 4.77. The molecule has 1 amide bonds. The van der Waals surface area contributed by atoms with E-state index in [1.165, 1.54) is 16.5 Å². The number of amides is 1. The van der Waals surface area contributed by atoms with Gasteiger partial charge in [0.1, 0.15) is 16.6 Å². The van der Waals surface area contributed by atoms with Crippen molar-refractivity contribution >= 4 is 50.4 Å². The van der Waals surface area contributed by atoms with E-state index in [1.54, 1.807) is 24.5 Å². The van der Waals surface area contributed by atoms with Crippen LogP contribution < -0.4 is 10.1 Å². The van der Waals surface area contributed by atoms with Gasteiger partial charge in [0.05, 0.1) is 28.1 Å². The number of fused-ring (bicyclic) bond motifs is 3. The van der Waals surface area contributed by atoms with Gasteiger partial charge in [-0.2, -0.15) is 0 Å². The summed E-state index contributed by atoms with van der Waals surface area (Å²) in [5.74, 6) is 1.48. The van der Waals surface area contributed by atoms with Gasteiger partial charge in [-0.3, -0.25) is 9.20 Å². The van der Waals surface area contributed by atoms with E-state index >= 15 is 0 Å². The minimum atomic E-state index is -0.278. The Morgan fingerprint density at radius 3 is 2.93 bits per heavy atom. The highest BCUT2D eigenvalue weighted by molar-refractivity contribution is 8.00. The van der Waals surface area contributed by atoms with Gasteiger partial charge in [-0.05, 0) is 43.0 Å². The second-order valence-electron chi connectivity index (χ2n) is 6.32. The van der Waals surface area contributed by atoms with Crippen LogP contribution in [0.15, 0.2) is 46.8 Å². The van der Waals surface area contributed by atoms with Crippen LogP contribution in [0.2, 0.25) is 0 Å². The maximum Gasteiger partial charge on any atom is 0.237 e. The Balaban J connectivity index is 1.61. The number of benzene rings is 1. The maximum absolute atomic E-state index is 12.8. The van der Waals surface area contributed by atoms with Gasteiger partial charge in [-0.1, -0.05) is 24.8 Å². The fourth-order valence-corrected chi connectivity index (χ4v) is 4.87. The van der Waals surface area contributed by atoms with E-state index in [-0.39, 0.29) is 11.2 Å². The maximum atomic E-state index is 12.8. The van der Waals surface area contributed by atoms with Crippen molar-refractivity contribution in [1.29, 1.82) is 0 Å². The van der Waals surface area contributed by atoms with Crippen LogP contribution in [-0.2, 0) is 4.79 Å². The molecule has 8 heteroatoms. The van der Waals surface area contributed by atoms with Gasteiger partial charge in [0.15, 0.2) is 0 Å². The number of nitrogens with one attached hydrogen (secondary N) is 1. The monoisotopic (exact) mass is 412 g/mol. The summed E-state index contributed by atoms with van der Waals surface area (Å²) in [4.78, 5) is 12.8. The average molecular weight is 413 g/mol. The molecule has 1 N–H and O–H groups in total. The highest BCUT2D eigenvalue weighted by Crippen LogP contribution is 2.33. The molecule has 28 heavy (non-hydrogen) atoms. The van der Waals surface area contributed by atoms with Crippen molar-refractivity contribution in [2.75, 3.05) is 12.4 Å². The lowest BCUT2D eigenvalue weighted by Gasteiger charge is -2.15. The predicted molar refractivity (Wildman–Crippen MR) is 115 cm³/mol. The number of hydrogen-bond acceptors (Lipinski definition) is 6. The van der Waals surface area contributed by atoms with Gasteiger partial charge in [0, 0.05) is 11.8 Å². The van der Waals surface area contributed by atoms with Crippen LogP contribution in [0.3, 0.4) is 0 Å². The first-order valence-corrected chi connectivity index (χ1v) is 10.7. The number of aromatic nitrogens is 3. The van der Waals surface area contributed by atoms with Crippen molar-refractivity contribution in [1.82, 2.24) is 14.6 Å². The Labute approximate surface area is 170 Å². The zero-order chi connectivity index (χ0) is 19.7. The fraction of sp³-hybridized carbons (Fsp3) is 0.250. The van der Waals surface area contributed by atoms with Crippen LogP contribution in [0.5, 0.6) is 5.75 Å². The first kappa shape index (κ1) is 18.8. The first-order chi connectivity index (χ1) is 13.6. The number of hydrogen-bond donors (Lipinski definition) is 1. The topological polar surface area (TPSA) is 68.5 Å². The molecular weight excluding hydrogens is 392 g/mol. The third-order valence-electron chi connectivity index (χ3n) is 4.51. The van der Waals surface area contributed by atoms with Gasteiger partial charge in [0.2, 0.25) is 5.91 Å². The number of methoxy groups -OCH3 is 1. The van der Waals surface area contributed by atoms with Crippen LogP contribution in [0.4, 0.5) is 5.69 Å². The Morgan fingerprint density at radius 2 is 2.14 bits per heavy atom. The normalized spacial score (nSPS) is 12.4. The van der Waals surface area contributed by atoms with Crippen LogP contribution in [0.1, 0.15) is 19.2 Å². The smallest absolute Gasteiger partial charge is 0.237 e. The molecular formula is C20H20N4O2S2. The summed E-state index contributed by atoms with van der Waals surface area (Å²) in [5, 5.41) is 14.2. The lowest BCUT2D eigenvalue weighted by atomic mass is 10.2. The molecule has 144 valence electrons. The summed E-state index contributed by atoms with van der Waals surface area (Å²) in [6.45, 7) is 3.94. The van der Waals surface area contributed by atoms with Gasteiger partial charge in [0.25, 0.3) is 0 Å². The molecule has 1 aromatic carbocycles. The molecule has 3 heterocycles. The molecule has 0 fully saturated rings. The summed E-state index contributed by atoms with van der Waals surface area (Å²) in [6.07, 6.45) is 0.678. The zero-order valence-corrected chi connectivity index (χ0v) is 17.4. The molecule has 0 spiro atoms. The van der Waals surface area contributed by atoms with Crippen molar-refractivity contribution in [3.8, 4) is 5.75 Å². The third-order valence-corrected chi connectivity index (χ3v) is 6.70. The van der Waals surface area contributed by atoms with E-state index in [0.717, 1.165) is 21.9 Å². The lowest BCUT2D eigenvalue weighted by Crippen LogP contribution is -2.24. The number of carbonyl (C=O) groups is 1. The van der Waals surface area contributed by atoms with E-state index in [2.05, 4.69) is 37.4 Å². The molecule has 4 aromatic rings. The molecule has 1 atom stereocenters. The van der Waals surface area contributed by atoms with Gasteiger partial charge < -0.3 is 10.1 Å². The molecule has 0 aliphatic carbocycles. The van der Waals surface area contributed by atoms with E-state index < -0.39 is 0 Å². The van der Waals surface area contributed by atoms with Crippen molar-refractivity contribution in [2.24, 2.45) is 0 Å². The van der Waals surface area contributed by atoms with Crippen LogP contribution in [0, 0.1) is 6.92 Å². The summed E-state index contributed by atoms with van der Waals surface area (Å²) < 4.78 is 8.52. The second-order valence-corrected chi connectivity index (χ2v) is 8.46. The summed E-state index contributed by atoms with van der Waals surface area (Å²) >= 11 is 3.14. The van der Waals surface area contributed by atoms with E-state index in [1.807, 2.05) is 32.0 Å². The van der Waals surface area contributed by atoms with Gasteiger partial charge in [-0.25, -0.2) is 0 Å². The number of ether oxygens (including phenoxy) is 1. The van der Waals surface area contributed by atoms with Gasteiger partial charge >= 0.3 is 0 Å². The van der Waals surface area contributed by atoms with Crippen LogP contribution in [0.25, 0.3) is 15.7 Å². The van der Waals surface area contributed by atoms with E-state index in [4.69, 9.17) is 4.74 Å². The molecule has 0 saturated carbocycles. The summed E-state index contributed by atoms with van der Waals surface area (Å²) in [5.41, 5.74) is 2.84. The highest BCUT2D eigenvalue weighted by Gasteiger charge is 2.22. The summed E-state index contributed by atoms with van der Waals surface area (Å²) in [6, 6.07) is 11.6.